The number of benzene rings is 1. The van der Waals surface area contributed by atoms with Gasteiger partial charge in [0.05, 0.1) is 0 Å². The molecular formula is C14H19ClFNO. The maximum absolute atomic E-state index is 13.7. The Labute approximate surface area is 113 Å². The lowest BCUT2D eigenvalue weighted by atomic mass is 10.2. The zero-order valence-electron chi connectivity index (χ0n) is 10.8. The molecule has 0 aliphatic heterocycles. The minimum Gasteiger partial charge on any atom is -0.486 e. The van der Waals surface area contributed by atoms with Crippen molar-refractivity contribution in [2.45, 2.75) is 26.8 Å². The number of halogens is 2. The van der Waals surface area contributed by atoms with Crippen LogP contribution >= 0.6 is 11.6 Å². The van der Waals surface area contributed by atoms with Gasteiger partial charge >= 0.3 is 0 Å². The summed E-state index contributed by atoms with van der Waals surface area (Å²) in [6.45, 7) is 5.82. The third-order valence-electron chi connectivity index (χ3n) is 2.39. The molecule has 0 unspecified atom stereocenters. The number of nitrogens with one attached hydrogen (secondary N) is 1. The second-order valence-corrected chi connectivity index (χ2v) is 4.40. The average molecular weight is 272 g/mol. The molecule has 0 aromatic heterocycles. The minimum absolute atomic E-state index is 0.257. The monoisotopic (exact) mass is 271 g/mol. The smallest absolute Gasteiger partial charge is 0.165 e. The zero-order chi connectivity index (χ0) is 13.4. The minimum atomic E-state index is -0.340. The molecule has 0 bridgehead atoms. The second-order valence-electron chi connectivity index (χ2n) is 4.19. The van der Waals surface area contributed by atoms with Gasteiger partial charge in [-0.3, -0.25) is 0 Å². The van der Waals surface area contributed by atoms with Gasteiger partial charge in [0.15, 0.2) is 11.6 Å². The predicted molar refractivity (Wildman–Crippen MR) is 73.5 cm³/mol. The number of hydrogen-bond acceptors (Lipinski definition) is 2. The Balaban J connectivity index is 2.56. The molecule has 0 spiro atoms. The largest absolute Gasteiger partial charge is 0.486 e. The van der Waals surface area contributed by atoms with Gasteiger partial charge in [-0.15, -0.1) is 0 Å². The summed E-state index contributed by atoms with van der Waals surface area (Å²) < 4.78 is 19.0. The van der Waals surface area contributed by atoms with Crippen LogP contribution in [0.4, 0.5) is 4.39 Å². The average Bonchev–Trinajstić information content (AvgIpc) is 2.37. The van der Waals surface area contributed by atoms with Gasteiger partial charge in [0.2, 0.25) is 0 Å². The van der Waals surface area contributed by atoms with Crippen LogP contribution in [0.2, 0.25) is 0 Å². The van der Waals surface area contributed by atoms with Crippen molar-refractivity contribution in [3.8, 4) is 5.75 Å². The van der Waals surface area contributed by atoms with Crippen LogP contribution in [0.3, 0.4) is 0 Å². The van der Waals surface area contributed by atoms with Crippen molar-refractivity contribution in [1.29, 1.82) is 0 Å². The first kappa shape index (κ1) is 15.0. The second kappa shape index (κ2) is 8.11. The molecule has 0 heterocycles. The van der Waals surface area contributed by atoms with Crippen molar-refractivity contribution in [2.75, 3.05) is 13.2 Å². The SMILES string of the molecule is CCCNCc1ccc(OC/C(C)=C/Cl)c(F)c1. The van der Waals surface area contributed by atoms with E-state index in [2.05, 4.69) is 12.2 Å². The molecule has 0 amide bonds. The molecule has 0 saturated carbocycles. The summed E-state index contributed by atoms with van der Waals surface area (Å²) in [5, 5.41) is 3.22. The Bertz CT molecular complexity index is 407. The highest BCUT2D eigenvalue weighted by Gasteiger charge is 2.05. The molecule has 1 aromatic rings. The lowest BCUT2D eigenvalue weighted by Crippen LogP contribution is -2.13. The summed E-state index contributed by atoms with van der Waals surface area (Å²) in [4.78, 5) is 0. The van der Waals surface area contributed by atoms with Crippen molar-refractivity contribution >= 4 is 11.6 Å². The lowest BCUT2D eigenvalue weighted by molar-refractivity contribution is 0.332. The first-order chi connectivity index (χ1) is 8.67. The number of ether oxygens (including phenoxy) is 1. The molecule has 1 aromatic carbocycles. The molecule has 0 radical (unpaired) electrons. The Morgan fingerprint density at radius 2 is 2.28 bits per heavy atom. The van der Waals surface area contributed by atoms with Crippen molar-refractivity contribution in [3.63, 3.8) is 0 Å². The van der Waals surface area contributed by atoms with E-state index in [9.17, 15) is 4.39 Å². The molecule has 0 atom stereocenters. The molecule has 4 heteroatoms. The van der Waals surface area contributed by atoms with Gasteiger partial charge in [0.1, 0.15) is 6.61 Å². The van der Waals surface area contributed by atoms with E-state index in [-0.39, 0.29) is 11.6 Å². The van der Waals surface area contributed by atoms with E-state index >= 15 is 0 Å². The molecule has 0 saturated heterocycles. The van der Waals surface area contributed by atoms with Crippen LogP contribution in [0.25, 0.3) is 0 Å². The summed E-state index contributed by atoms with van der Waals surface area (Å²) in [6, 6.07) is 5.01. The van der Waals surface area contributed by atoms with Crippen LogP contribution in [0.15, 0.2) is 29.3 Å². The highest BCUT2D eigenvalue weighted by molar-refractivity contribution is 6.25. The van der Waals surface area contributed by atoms with Crippen LogP contribution in [0.5, 0.6) is 5.75 Å². The molecule has 0 aliphatic rings. The van der Waals surface area contributed by atoms with E-state index in [0.29, 0.717) is 13.2 Å². The van der Waals surface area contributed by atoms with Gasteiger partial charge in [0, 0.05) is 12.1 Å². The number of hydrogen-bond donors (Lipinski definition) is 1. The Hall–Kier alpha value is -1.06. The summed E-state index contributed by atoms with van der Waals surface area (Å²) in [7, 11) is 0. The first-order valence-corrected chi connectivity index (χ1v) is 6.48. The van der Waals surface area contributed by atoms with Crippen molar-refractivity contribution in [3.05, 3.63) is 40.7 Å². The third kappa shape index (κ3) is 5.07. The summed E-state index contributed by atoms with van der Waals surface area (Å²) in [5.41, 5.74) is 3.20. The topological polar surface area (TPSA) is 21.3 Å². The normalized spacial score (nSPS) is 11.7. The predicted octanol–water partition coefficient (Wildman–Crippen LogP) is 3.85. The fourth-order valence-corrected chi connectivity index (χ4v) is 1.47. The van der Waals surface area contributed by atoms with Gasteiger partial charge in [-0.1, -0.05) is 24.6 Å². The van der Waals surface area contributed by atoms with Gasteiger partial charge < -0.3 is 10.1 Å². The van der Waals surface area contributed by atoms with Gasteiger partial charge in [-0.05, 0) is 43.2 Å². The lowest BCUT2D eigenvalue weighted by Gasteiger charge is -2.09. The Morgan fingerprint density at radius 1 is 1.50 bits per heavy atom. The van der Waals surface area contributed by atoms with E-state index in [1.54, 1.807) is 6.07 Å². The van der Waals surface area contributed by atoms with Crippen LogP contribution in [0.1, 0.15) is 25.8 Å². The highest BCUT2D eigenvalue weighted by Crippen LogP contribution is 2.19. The van der Waals surface area contributed by atoms with Gasteiger partial charge in [-0.25, -0.2) is 4.39 Å². The van der Waals surface area contributed by atoms with E-state index in [1.807, 2.05) is 13.0 Å². The molecule has 1 rings (SSSR count). The Morgan fingerprint density at radius 3 is 2.89 bits per heavy atom. The van der Waals surface area contributed by atoms with Crippen molar-refractivity contribution in [1.82, 2.24) is 5.32 Å². The highest BCUT2D eigenvalue weighted by atomic mass is 35.5. The van der Waals surface area contributed by atoms with Crippen LogP contribution in [-0.2, 0) is 6.54 Å². The van der Waals surface area contributed by atoms with E-state index in [0.717, 1.165) is 24.1 Å². The fraction of sp³-hybridized carbons (Fsp3) is 0.429. The zero-order valence-corrected chi connectivity index (χ0v) is 11.6. The van der Waals surface area contributed by atoms with Crippen molar-refractivity contribution < 1.29 is 9.13 Å². The van der Waals surface area contributed by atoms with E-state index in [1.165, 1.54) is 11.6 Å². The van der Waals surface area contributed by atoms with Crippen LogP contribution < -0.4 is 10.1 Å². The van der Waals surface area contributed by atoms with Crippen molar-refractivity contribution in [2.24, 2.45) is 0 Å². The quantitative estimate of drug-likeness (QED) is 0.761. The standard InChI is InChI=1S/C14H19ClFNO/c1-3-6-17-9-12-4-5-14(13(16)7-12)18-10-11(2)8-15/h4-5,7-8,17H,3,6,9-10H2,1-2H3/b11-8+. The van der Waals surface area contributed by atoms with E-state index < -0.39 is 0 Å². The molecule has 0 aliphatic carbocycles. The first-order valence-electron chi connectivity index (χ1n) is 6.05. The van der Waals surface area contributed by atoms with Gasteiger partial charge in [0.25, 0.3) is 0 Å². The molecule has 100 valence electrons. The maximum atomic E-state index is 13.7. The summed E-state index contributed by atoms with van der Waals surface area (Å²) in [6.07, 6.45) is 1.06. The van der Waals surface area contributed by atoms with Crippen LogP contribution in [-0.4, -0.2) is 13.2 Å². The molecule has 18 heavy (non-hydrogen) atoms. The summed E-state index contributed by atoms with van der Waals surface area (Å²) >= 11 is 5.51. The summed E-state index contributed by atoms with van der Waals surface area (Å²) in [5.74, 6) is -0.0831. The number of rotatable bonds is 7. The molecule has 0 fully saturated rings. The van der Waals surface area contributed by atoms with Crippen LogP contribution in [0, 0.1) is 5.82 Å². The maximum Gasteiger partial charge on any atom is 0.165 e. The fourth-order valence-electron chi connectivity index (χ4n) is 1.40. The molecular weight excluding hydrogens is 253 g/mol. The third-order valence-corrected chi connectivity index (χ3v) is 2.77. The van der Waals surface area contributed by atoms with E-state index in [4.69, 9.17) is 16.3 Å². The Kier molecular flexibility index (Phi) is 6.76. The molecule has 1 N–H and O–H groups in total. The molecule has 2 nitrogen and oxygen atoms in total. The van der Waals surface area contributed by atoms with Gasteiger partial charge in [-0.2, -0.15) is 0 Å².